The Labute approximate surface area is 154 Å². The lowest BCUT2D eigenvalue weighted by Crippen LogP contribution is -2.21. The SMILES string of the molecule is O=c1c2nnn(-c3ccccc3)c2ncn1Cc1cccc2ccccc12. The molecule has 0 radical (unpaired) electrons. The van der Waals surface area contributed by atoms with E-state index in [1.165, 1.54) is 0 Å². The third kappa shape index (κ3) is 2.58. The van der Waals surface area contributed by atoms with Crippen LogP contribution in [0, 0.1) is 0 Å². The lowest BCUT2D eigenvalue weighted by molar-refractivity contribution is 0.749. The molecule has 5 rings (SSSR count). The summed E-state index contributed by atoms with van der Waals surface area (Å²) in [6.45, 7) is 0.432. The summed E-state index contributed by atoms with van der Waals surface area (Å²) in [4.78, 5) is 17.4. The fraction of sp³-hybridized carbons (Fsp3) is 0.0476. The summed E-state index contributed by atoms with van der Waals surface area (Å²) in [6, 6.07) is 23.8. The van der Waals surface area contributed by atoms with E-state index >= 15 is 0 Å². The van der Waals surface area contributed by atoms with Crippen LogP contribution in [0.1, 0.15) is 5.56 Å². The zero-order valence-corrected chi connectivity index (χ0v) is 14.4. The normalized spacial score (nSPS) is 11.3. The molecule has 0 saturated heterocycles. The number of aromatic nitrogens is 5. The number of nitrogens with zero attached hydrogens (tertiary/aromatic N) is 5. The first kappa shape index (κ1) is 15.5. The quantitative estimate of drug-likeness (QED) is 0.500. The van der Waals surface area contributed by atoms with Crippen molar-refractivity contribution in [2.24, 2.45) is 0 Å². The highest BCUT2D eigenvalue weighted by atomic mass is 16.1. The minimum atomic E-state index is -0.199. The van der Waals surface area contributed by atoms with Crippen LogP contribution >= 0.6 is 0 Å². The van der Waals surface area contributed by atoms with Crippen LogP contribution in [0.4, 0.5) is 0 Å². The van der Waals surface area contributed by atoms with Gasteiger partial charge in [0, 0.05) is 0 Å². The van der Waals surface area contributed by atoms with Crippen LogP contribution in [0.3, 0.4) is 0 Å². The van der Waals surface area contributed by atoms with Gasteiger partial charge < -0.3 is 0 Å². The maximum Gasteiger partial charge on any atom is 0.283 e. The summed E-state index contributed by atoms with van der Waals surface area (Å²) in [7, 11) is 0. The summed E-state index contributed by atoms with van der Waals surface area (Å²) < 4.78 is 3.16. The zero-order valence-electron chi connectivity index (χ0n) is 14.4. The number of benzene rings is 3. The monoisotopic (exact) mass is 353 g/mol. The number of rotatable bonds is 3. The lowest BCUT2D eigenvalue weighted by Gasteiger charge is -2.09. The average Bonchev–Trinajstić information content (AvgIpc) is 3.16. The molecule has 0 aliphatic rings. The van der Waals surface area contributed by atoms with Crippen molar-refractivity contribution in [3.8, 4) is 5.69 Å². The molecule has 2 aromatic heterocycles. The van der Waals surface area contributed by atoms with Crippen molar-refractivity contribution < 1.29 is 0 Å². The molecule has 0 atom stereocenters. The van der Waals surface area contributed by atoms with Gasteiger partial charge in [0.2, 0.25) is 0 Å². The van der Waals surface area contributed by atoms with Gasteiger partial charge in [-0.15, -0.1) is 5.10 Å². The molecule has 0 aliphatic heterocycles. The number of hydrogen-bond donors (Lipinski definition) is 0. The van der Waals surface area contributed by atoms with Crippen molar-refractivity contribution >= 4 is 21.9 Å². The minimum absolute atomic E-state index is 0.199. The summed E-state index contributed by atoms with van der Waals surface area (Å²) in [5, 5.41) is 10.5. The second-order valence-electron chi connectivity index (χ2n) is 6.32. The summed E-state index contributed by atoms with van der Waals surface area (Å²) >= 11 is 0. The van der Waals surface area contributed by atoms with Gasteiger partial charge in [-0.2, -0.15) is 4.68 Å². The van der Waals surface area contributed by atoms with Gasteiger partial charge in [0.05, 0.1) is 12.2 Å². The average molecular weight is 353 g/mol. The lowest BCUT2D eigenvalue weighted by atomic mass is 10.0. The van der Waals surface area contributed by atoms with Crippen LogP contribution in [0.5, 0.6) is 0 Å². The van der Waals surface area contributed by atoms with Crippen molar-refractivity contribution in [3.05, 3.63) is 95.0 Å². The molecule has 6 heteroatoms. The van der Waals surface area contributed by atoms with Crippen molar-refractivity contribution in [2.45, 2.75) is 6.54 Å². The molecule has 0 amide bonds. The van der Waals surface area contributed by atoms with Gasteiger partial charge in [0.1, 0.15) is 6.33 Å². The topological polar surface area (TPSA) is 65.6 Å². The molecule has 0 unspecified atom stereocenters. The van der Waals surface area contributed by atoms with Crippen LogP contribution < -0.4 is 5.56 Å². The maximum atomic E-state index is 12.9. The highest BCUT2D eigenvalue weighted by Crippen LogP contribution is 2.19. The van der Waals surface area contributed by atoms with E-state index in [4.69, 9.17) is 0 Å². The van der Waals surface area contributed by atoms with Crippen molar-refractivity contribution in [3.63, 3.8) is 0 Å². The second-order valence-corrected chi connectivity index (χ2v) is 6.32. The van der Waals surface area contributed by atoms with E-state index < -0.39 is 0 Å². The van der Waals surface area contributed by atoms with Gasteiger partial charge in [0.15, 0.2) is 11.2 Å². The van der Waals surface area contributed by atoms with Crippen LogP contribution in [-0.4, -0.2) is 24.5 Å². The molecule has 0 bridgehead atoms. The van der Waals surface area contributed by atoms with Gasteiger partial charge in [-0.25, -0.2) is 4.98 Å². The molecule has 0 fully saturated rings. The van der Waals surface area contributed by atoms with Gasteiger partial charge in [-0.05, 0) is 28.5 Å². The van der Waals surface area contributed by atoms with Crippen molar-refractivity contribution in [1.29, 1.82) is 0 Å². The van der Waals surface area contributed by atoms with E-state index in [1.54, 1.807) is 15.6 Å². The molecule has 0 saturated carbocycles. The van der Waals surface area contributed by atoms with Gasteiger partial charge in [0.25, 0.3) is 5.56 Å². The highest BCUT2D eigenvalue weighted by molar-refractivity contribution is 5.85. The number of para-hydroxylation sites is 1. The third-order valence-electron chi connectivity index (χ3n) is 4.65. The predicted octanol–water partition coefficient (Wildman–Crippen LogP) is 3.18. The Balaban J connectivity index is 1.61. The molecule has 130 valence electrons. The Hall–Kier alpha value is -3.80. The molecular formula is C21H15N5O. The Morgan fingerprint density at radius 2 is 1.63 bits per heavy atom. The standard InChI is InChI=1S/C21H15N5O/c27-21-19-20(26(24-23-19)17-10-2-1-3-11-17)22-14-25(21)13-16-9-6-8-15-7-4-5-12-18(15)16/h1-12,14H,13H2. The predicted molar refractivity (Wildman–Crippen MR) is 104 cm³/mol. The Bertz CT molecular complexity index is 1320. The summed E-state index contributed by atoms with van der Waals surface area (Å²) in [5.74, 6) is 0. The fourth-order valence-corrected chi connectivity index (χ4v) is 3.31. The van der Waals surface area contributed by atoms with Gasteiger partial charge in [-0.1, -0.05) is 65.9 Å². The first-order valence-electron chi connectivity index (χ1n) is 8.64. The largest absolute Gasteiger partial charge is 0.293 e. The van der Waals surface area contributed by atoms with Gasteiger partial charge >= 0.3 is 0 Å². The molecule has 0 N–H and O–H groups in total. The number of fused-ring (bicyclic) bond motifs is 2. The fourth-order valence-electron chi connectivity index (χ4n) is 3.31. The Kier molecular flexibility index (Phi) is 3.53. The zero-order chi connectivity index (χ0) is 18.2. The molecule has 3 aromatic carbocycles. The van der Waals surface area contributed by atoms with E-state index in [9.17, 15) is 4.79 Å². The molecule has 6 nitrogen and oxygen atoms in total. The van der Waals surface area contributed by atoms with E-state index in [2.05, 4.69) is 33.5 Å². The van der Waals surface area contributed by atoms with Crippen LogP contribution in [0.15, 0.2) is 83.9 Å². The molecule has 5 aromatic rings. The summed E-state index contributed by atoms with van der Waals surface area (Å²) in [6.07, 6.45) is 1.56. The number of hydrogen-bond acceptors (Lipinski definition) is 4. The van der Waals surface area contributed by atoms with Crippen LogP contribution in [0.25, 0.3) is 27.6 Å². The molecule has 0 aliphatic carbocycles. The van der Waals surface area contributed by atoms with E-state index in [0.717, 1.165) is 22.0 Å². The van der Waals surface area contributed by atoms with Crippen molar-refractivity contribution in [1.82, 2.24) is 24.5 Å². The first-order valence-corrected chi connectivity index (χ1v) is 8.64. The Morgan fingerprint density at radius 1 is 0.852 bits per heavy atom. The Morgan fingerprint density at radius 3 is 2.52 bits per heavy atom. The second kappa shape index (κ2) is 6.17. The highest BCUT2D eigenvalue weighted by Gasteiger charge is 2.13. The van der Waals surface area contributed by atoms with Crippen LogP contribution in [-0.2, 0) is 6.54 Å². The van der Waals surface area contributed by atoms with E-state index in [0.29, 0.717) is 12.2 Å². The van der Waals surface area contributed by atoms with E-state index in [-0.39, 0.29) is 11.1 Å². The smallest absolute Gasteiger partial charge is 0.283 e. The first-order chi connectivity index (χ1) is 13.3. The summed E-state index contributed by atoms with van der Waals surface area (Å²) in [5.41, 5.74) is 2.41. The molecule has 2 heterocycles. The van der Waals surface area contributed by atoms with Crippen molar-refractivity contribution in [2.75, 3.05) is 0 Å². The third-order valence-corrected chi connectivity index (χ3v) is 4.65. The molecular weight excluding hydrogens is 338 g/mol. The maximum absolute atomic E-state index is 12.9. The molecule has 0 spiro atoms. The molecule has 27 heavy (non-hydrogen) atoms. The van der Waals surface area contributed by atoms with E-state index in [1.807, 2.05) is 54.6 Å². The minimum Gasteiger partial charge on any atom is -0.293 e. The van der Waals surface area contributed by atoms with Gasteiger partial charge in [-0.3, -0.25) is 9.36 Å². The van der Waals surface area contributed by atoms with Crippen LogP contribution in [0.2, 0.25) is 0 Å².